The second kappa shape index (κ2) is 4.65. The predicted octanol–water partition coefficient (Wildman–Crippen LogP) is 1.14. The van der Waals surface area contributed by atoms with Crippen molar-refractivity contribution in [2.75, 3.05) is 26.2 Å². The van der Waals surface area contributed by atoms with Gasteiger partial charge in [0.2, 0.25) is 5.95 Å². The second-order valence-corrected chi connectivity index (χ2v) is 4.92. The van der Waals surface area contributed by atoms with E-state index in [-0.39, 0.29) is 11.5 Å². The Morgan fingerprint density at radius 1 is 1.39 bits per heavy atom. The van der Waals surface area contributed by atoms with Crippen LogP contribution in [0, 0.1) is 5.95 Å². The summed E-state index contributed by atoms with van der Waals surface area (Å²) in [5.41, 5.74) is 0.0870. The molecule has 18 heavy (non-hydrogen) atoms. The Kier molecular flexibility index (Phi) is 2.99. The van der Waals surface area contributed by atoms with Crippen LogP contribution < -0.4 is 0 Å². The molecule has 0 N–H and O–H groups in total. The summed E-state index contributed by atoms with van der Waals surface area (Å²) in [6.07, 6.45) is 3.70. The number of hydrogen-bond donors (Lipinski definition) is 0. The molecule has 2 aliphatic rings. The fourth-order valence-electron chi connectivity index (χ4n) is 2.89. The molecule has 3 heterocycles. The van der Waals surface area contributed by atoms with Crippen molar-refractivity contribution in [2.24, 2.45) is 0 Å². The quantitative estimate of drug-likeness (QED) is 0.700. The highest BCUT2D eigenvalue weighted by Gasteiger charge is 2.33. The minimum atomic E-state index is -0.670. The Bertz CT molecular complexity index is 465. The molecule has 1 aromatic rings. The molecule has 1 atom stereocenters. The monoisotopic (exact) mass is 249 g/mol. The highest BCUT2D eigenvalue weighted by molar-refractivity contribution is 5.94. The smallest absolute Gasteiger partial charge is 0.258 e. The molecule has 1 amide bonds. The standard InChI is InChI=1S/C13H16FN3O/c14-12-11(4-1-5-15-12)13(18)17-8-7-16-6-2-3-10(16)9-17/h1,4-5,10H,2-3,6-9H2. The molecule has 0 aromatic carbocycles. The number of carbonyl (C=O) groups excluding carboxylic acids is 1. The zero-order valence-electron chi connectivity index (χ0n) is 10.2. The minimum Gasteiger partial charge on any atom is -0.336 e. The van der Waals surface area contributed by atoms with Crippen LogP contribution in [0.2, 0.25) is 0 Å². The van der Waals surface area contributed by atoms with Gasteiger partial charge in [0.15, 0.2) is 0 Å². The van der Waals surface area contributed by atoms with E-state index in [1.165, 1.54) is 18.7 Å². The Morgan fingerprint density at radius 2 is 2.28 bits per heavy atom. The molecule has 4 nitrogen and oxygen atoms in total. The van der Waals surface area contributed by atoms with Gasteiger partial charge in [0.1, 0.15) is 0 Å². The highest BCUT2D eigenvalue weighted by Crippen LogP contribution is 2.22. The number of piperazine rings is 1. The molecule has 2 fully saturated rings. The van der Waals surface area contributed by atoms with Crippen molar-refractivity contribution in [3.05, 3.63) is 29.8 Å². The predicted molar refractivity (Wildman–Crippen MR) is 64.7 cm³/mol. The lowest BCUT2D eigenvalue weighted by Gasteiger charge is -2.37. The SMILES string of the molecule is O=C(c1cccnc1F)N1CCN2CCCC2C1. The molecule has 3 rings (SSSR count). The number of rotatable bonds is 1. The first-order valence-electron chi connectivity index (χ1n) is 6.39. The zero-order valence-corrected chi connectivity index (χ0v) is 10.2. The molecule has 0 bridgehead atoms. The highest BCUT2D eigenvalue weighted by atomic mass is 19.1. The van der Waals surface area contributed by atoms with Crippen LogP contribution in [0.25, 0.3) is 0 Å². The summed E-state index contributed by atoms with van der Waals surface area (Å²) >= 11 is 0. The van der Waals surface area contributed by atoms with E-state index in [0.29, 0.717) is 19.1 Å². The molecular formula is C13H16FN3O. The third kappa shape index (κ3) is 1.99. The number of amides is 1. The first-order chi connectivity index (χ1) is 8.75. The second-order valence-electron chi connectivity index (χ2n) is 4.92. The number of halogens is 1. The third-order valence-electron chi connectivity index (χ3n) is 3.86. The largest absolute Gasteiger partial charge is 0.336 e. The van der Waals surface area contributed by atoms with Crippen LogP contribution in [0.5, 0.6) is 0 Å². The summed E-state index contributed by atoms with van der Waals surface area (Å²) < 4.78 is 13.5. The number of carbonyl (C=O) groups is 1. The van der Waals surface area contributed by atoms with Gasteiger partial charge in [-0.3, -0.25) is 9.69 Å². The maximum absolute atomic E-state index is 13.5. The van der Waals surface area contributed by atoms with Crippen LogP contribution in [-0.4, -0.2) is 52.9 Å². The van der Waals surface area contributed by atoms with Crippen LogP contribution in [0.4, 0.5) is 4.39 Å². The topological polar surface area (TPSA) is 36.4 Å². The van der Waals surface area contributed by atoms with E-state index < -0.39 is 5.95 Å². The van der Waals surface area contributed by atoms with Crippen molar-refractivity contribution < 1.29 is 9.18 Å². The Morgan fingerprint density at radius 3 is 3.11 bits per heavy atom. The molecule has 1 unspecified atom stereocenters. The molecule has 96 valence electrons. The zero-order chi connectivity index (χ0) is 12.5. The van der Waals surface area contributed by atoms with Crippen LogP contribution in [0.3, 0.4) is 0 Å². The van der Waals surface area contributed by atoms with Crippen LogP contribution in [0.15, 0.2) is 18.3 Å². The van der Waals surface area contributed by atoms with Crippen molar-refractivity contribution in [3.63, 3.8) is 0 Å². The lowest BCUT2D eigenvalue weighted by Crippen LogP contribution is -2.52. The first-order valence-corrected chi connectivity index (χ1v) is 6.39. The third-order valence-corrected chi connectivity index (χ3v) is 3.86. The molecule has 2 aliphatic heterocycles. The van der Waals surface area contributed by atoms with Gasteiger partial charge in [0.25, 0.3) is 5.91 Å². The fourth-order valence-corrected chi connectivity index (χ4v) is 2.89. The van der Waals surface area contributed by atoms with Gasteiger partial charge in [-0.2, -0.15) is 4.39 Å². The summed E-state index contributed by atoms with van der Waals surface area (Å²) in [4.78, 5) is 20.0. The molecular weight excluding hydrogens is 233 g/mol. The molecule has 0 radical (unpaired) electrons. The van der Waals surface area contributed by atoms with Gasteiger partial charge in [-0.1, -0.05) is 0 Å². The molecule has 2 saturated heterocycles. The molecule has 1 aromatic heterocycles. The normalized spacial score (nSPS) is 24.1. The van der Waals surface area contributed by atoms with Crippen molar-refractivity contribution in [1.82, 2.24) is 14.8 Å². The average molecular weight is 249 g/mol. The van der Waals surface area contributed by atoms with E-state index in [9.17, 15) is 9.18 Å². The van der Waals surface area contributed by atoms with Crippen molar-refractivity contribution in [2.45, 2.75) is 18.9 Å². The van der Waals surface area contributed by atoms with E-state index in [1.54, 1.807) is 11.0 Å². The molecule has 0 spiro atoms. The van der Waals surface area contributed by atoms with Gasteiger partial charge >= 0.3 is 0 Å². The summed E-state index contributed by atoms with van der Waals surface area (Å²) in [6.45, 7) is 3.43. The van der Waals surface area contributed by atoms with Crippen LogP contribution >= 0.6 is 0 Å². The summed E-state index contributed by atoms with van der Waals surface area (Å²) in [5.74, 6) is -0.900. The first kappa shape index (κ1) is 11.6. The van der Waals surface area contributed by atoms with Gasteiger partial charge in [-0.15, -0.1) is 0 Å². The van der Waals surface area contributed by atoms with Crippen molar-refractivity contribution in [1.29, 1.82) is 0 Å². The number of aromatic nitrogens is 1. The summed E-state index contributed by atoms with van der Waals surface area (Å²) in [6, 6.07) is 3.57. The van der Waals surface area contributed by atoms with E-state index >= 15 is 0 Å². The molecule has 0 aliphatic carbocycles. The lowest BCUT2D eigenvalue weighted by atomic mass is 10.1. The van der Waals surface area contributed by atoms with Gasteiger partial charge < -0.3 is 4.90 Å². The Labute approximate surface area is 105 Å². The number of nitrogens with zero attached hydrogens (tertiary/aromatic N) is 3. The summed E-state index contributed by atoms with van der Waals surface area (Å²) in [7, 11) is 0. The van der Waals surface area contributed by atoms with Crippen LogP contribution in [0.1, 0.15) is 23.2 Å². The molecule has 0 saturated carbocycles. The van der Waals surface area contributed by atoms with Gasteiger partial charge in [-0.05, 0) is 31.5 Å². The minimum absolute atomic E-state index is 0.0870. The number of pyridine rings is 1. The van der Waals surface area contributed by atoms with E-state index in [2.05, 4.69) is 9.88 Å². The van der Waals surface area contributed by atoms with Gasteiger partial charge in [-0.25, -0.2) is 4.98 Å². The summed E-state index contributed by atoms with van der Waals surface area (Å²) in [5, 5.41) is 0. The van der Waals surface area contributed by atoms with E-state index in [4.69, 9.17) is 0 Å². The van der Waals surface area contributed by atoms with Crippen molar-refractivity contribution >= 4 is 5.91 Å². The van der Waals surface area contributed by atoms with Gasteiger partial charge in [0.05, 0.1) is 5.56 Å². The maximum Gasteiger partial charge on any atom is 0.258 e. The number of hydrogen-bond acceptors (Lipinski definition) is 3. The fraction of sp³-hybridized carbons (Fsp3) is 0.538. The lowest BCUT2D eigenvalue weighted by molar-refractivity contribution is 0.0566. The van der Waals surface area contributed by atoms with Crippen LogP contribution in [-0.2, 0) is 0 Å². The number of fused-ring (bicyclic) bond motifs is 1. The Balaban J connectivity index is 1.75. The van der Waals surface area contributed by atoms with Crippen molar-refractivity contribution in [3.8, 4) is 0 Å². The van der Waals surface area contributed by atoms with E-state index in [1.807, 2.05) is 0 Å². The Hall–Kier alpha value is -1.49. The van der Waals surface area contributed by atoms with E-state index in [0.717, 1.165) is 19.5 Å². The molecule has 5 heteroatoms. The van der Waals surface area contributed by atoms with Gasteiger partial charge in [0, 0.05) is 31.9 Å². The maximum atomic E-state index is 13.5. The average Bonchev–Trinajstić information content (AvgIpc) is 2.85.